The molecule has 3 unspecified atom stereocenters. The van der Waals surface area contributed by atoms with Gasteiger partial charge in [-0.3, -0.25) is 14.8 Å². The molecule has 1 aliphatic heterocycles. The molecule has 1 fully saturated rings. The number of allylic oxidation sites excluding steroid dienone is 13. The molecule has 2 rings (SSSR count). The Morgan fingerprint density at radius 2 is 1.91 bits per heavy atom. The van der Waals surface area contributed by atoms with Crippen LogP contribution in [-0.2, 0) is 4.79 Å². The van der Waals surface area contributed by atoms with Crippen LogP contribution in [0.25, 0.3) is 0 Å². The van der Waals surface area contributed by atoms with E-state index in [1.165, 1.54) is 11.1 Å². The van der Waals surface area contributed by atoms with Crippen molar-refractivity contribution in [2.24, 2.45) is 33.7 Å². The van der Waals surface area contributed by atoms with Crippen LogP contribution in [0.4, 0.5) is 0 Å². The topological polar surface area (TPSA) is 82.2 Å². The lowest BCUT2D eigenvalue weighted by atomic mass is 9.86. The molecule has 2 N–H and O–H groups in total. The van der Waals surface area contributed by atoms with Crippen LogP contribution in [0.5, 0.6) is 0 Å². The van der Waals surface area contributed by atoms with Crippen molar-refractivity contribution in [3.05, 3.63) is 108 Å². The van der Waals surface area contributed by atoms with Crippen LogP contribution in [0.1, 0.15) is 72.6 Å². The zero-order valence-corrected chi connectivity index (χ0v) is 27.7. The number of hydrogen-bond acceptors (Lipinski definition) is 5. The lowest BCUT2D eigenvalue weighted by molar-refractivity contribution is -0.111. The number of carbonyl (C=O) groups excluding carboxylic acids is 1. The summed E-state index contributed by atoms with van der Waals surface area (Å²) in [6, 6.07) is 0. The van der Waals surface area contributed by atoms with Crippen LogP contribution in [0.2, 0.25) is 0 Å². The Morgan fingerprint density at radius 1 is 1.20 bits per heavy atom. The maximum Gasteiger partial charge on any atom is 0.183 e. The van der Waals surface area contributed by atoms with E-state index in [9.17, 15) is 15.0 Å². The van der Waals surface area contributed by atoms with Crippen molar-refractivity contribution in [2.75, 3.05) is 20.3 Å². The van der Waals surface area contributed by atoms with E-state index < -0.39 is 0 Å². The molecule has 0 bridgehead atoms. The number of hydrogen-bond donors (Lipinski definition) is 2. The third kappa shape index (κ3) is 10.6. The summed E-state index contributed by atoms with van der Waals surface area (Å²) in [5.41, 5.74) is 8.00. The highest BCUT2D eigenvalue weighted by atomic mass is 16.3. The second-order valence-electron chi connectivity index (χ2n) is 12.1. The van der Waals surface area contributed by atoms with Crippen molar-refractivity contribution in [2.45, 2.75) is 72.6 Å². The van der Waals surface area contributed by atoms with Gasteiger partial charge in [0.25, 0.3) is 0 Å². The maximum atomic E-state index is 13.0. The van der Waals surface area contributed by atoms with Crippen LogP contribution in [0.15, 0.2) is 118 Å². The van der Waals surface area contributed by atoms with Crippen molar-refractivity contribution in [3.63, 3.8) is 0 Å². The highest BCUT2D eigenvalue weighted by molar-refractivity contribution is 6.19. The lowest BCUT2D eigenvalue weighted by Gasteiger charge is -2.21. The molecular formula is C39H54N2O3. The molecule has 2 aliphatic rings. The number of aliphatic hydroxyl groups excluding tert-OH is 2. The van der Waals surface area contributed by atoms with Gasteiger partial charge in [0, 0.05) is 44.4 Å². The maximum absolute atomic E-state index is 13.0. The summed E-state index contributed by atoms with van der Waals surface area (Å²) in [5.74, 6) is 0.531. The van der Waals surface area contributed by atoms with Gasteiger partial charge in [-0.2, -0.15) is 0 Å². The van der Waals surface area contributed by atoms with E-state index in [-0.39, 0.29) is 30.8 Å². The highest BCUT2D eigenvalue weighted by Crippen LogP contribution is 2.37. The summed E-state index contributed by atoms with van der Waals surface area (Å²) < 4.78 is 0. The molecule has 5 nitrogen and oxygen atoms in total. The molecular weight excluding hydrogens is 544 g/mol. The van der Waals surface area contributed by atoms with E-state index in [2.05, 4.69) is 70.3 Å². The Kier molecular flexibility index (Phi) is 15.4. The van der Waals surface area contributed by atoms with Gasteiger partial charge in [0.1, 0.15) is 0 Å². The molecule has 0 spiro atoms. The van der Waals surface area contributed by atoms with Gasteiger partial charge in [-0.05, 0) is 99.0 Å². The van der Waals surface area contributed by atoms with Gasteiger partial charge in [-0.25, -0.2) is 0 Å². The molecule has 0 aromatic heterocycles. The number of nitrogens with zero attached hydrogens (tertiary/aromatic N) is 2. The average molecular weight is 599 g/mol. The minimum absolute atomic E-state index is 0.00112. The fourth-order valence-corrected chi connectivity index (χ4v) is 5.90. The van der Waals surface area contributed by atoms with Gasteiger partial charge in [0.15, 0.2) is 5.78 Å². The minimum Gasteiger partial charge on any atom is -0.396 e. The fourth-order valence-electron chi connectivity index (χ4n) is 5.90. The molecule has 0 aromatic carbocycles. The summed E-state index contributed by atoms with van der Waals surface area (Å²) in [6.45, 7) is 24.9. The van der Waals surface area contributed by atoms with E-state index in [1.807, 2.05) is 25.2 Å². The van der Waals surface area contributed by atoms with Gasteiger partial charge in [-0.15, -0.1) is 0 Å². The Bertz CT molecular complexity index is 1310. The van der Waals surface area contributed by atoms with Crippen molar-refractivity contribution < 1.29 is 15.0 Å². The summed E-state index contributed by atoms with van der Waals surface area (Å²) in [6.07, 6.45) is 19.7. The predicted molar refractivity (Wildman–Crippen MR) is 188 cm³/mol. The minimum atomic E-state index is -0.142. The number of carbonyl (C=O) groups is 1. The highest BCUT2D eigenvalue weighted by Gasteiger charge is 2.25. The molecule has 1 aliphatic carbocycles. The van der Waals surface area contributed by atoms with E-state index in [1.54, 1.807) is 13.1 Å². The van der Waals surface area contributed by atoms with Gasteiger partial charge < -0.3 is 10.2 Å². The van der Waals surface area contributed by atoms with Crippen LogP contribution < -0.4 is 0 Å². The van der Waals surface area contributed by atoms with E-state index in [0.29, 0.717) is 35.2 Å². The van der Waals surface area contributed by atoms with Gasteiger partial charge in [0.05, 0.1) is 11.4 Å². The van der Waals surface area contributed by atoms with Crippen LogP contribution in [-0.4, -0.2) is 47.7 Å². The number of ketones is 1. The first-order valence-corrected chi connectivity index (χ1v) is 15.9. The smallest absolute Gasteiger partial charge is 0.183 e. The third-order valence-corrected chi connectivity index (χ3v) is 8.89. The largest absolute Gasteiger partial charge is 0.396 e. The van der Waals surface area contributed by atoms with E-state index in [0.717, 1.165) is 61.0 Å². The standard InChI is InChI=1S/C39H54N2O3/c1-10-26(4)19-29(7)36(27(5)11-2)22-37(40-9)38-23-39(44)30(8)20-35(41-38)18-17-32(12-3)33-14-13-28(6)34(16-15-33)21-31(24-42)25-43/h10,12,17-19,22-23,29,31,33-34,42-43H,1,5-6,8,11,13-16,20-21,24-25H2,2-4,7,9H3/b18-17-,26-19-,32-12+,36-22-,40-37+. The van der Waals surface area contributed by atoms with Gasteiger partial charge in [0.2, 0.25) is 0 Å². The van der Waals surface area contributed by atoms with Crippen LogP contribution in [0.3, 0.4) is 0 Å². The van der Waals surface area contributed by atoms with Crippen LogP contribution in [0, 0.1) is 23.7 Å². The first-order chi connectivity index (χ1) is 21.0. The summed E-state index contributed by atoms with van der Waals surface area (Å²) in [4.78, 5) is 22.5. The Hall–Kier alpha value is -3.41. The number of rotatable bonds is 14. The van der Waals surface area contributed by atoms with Crippen molar-refractivity contribution in [3.8, 4) is 0 Å². The first kappa shape index (κ1) is 36.8. The Labute approximate surface area is 266 Å². The normalized spacial score (nSPS) is 22.1. The second-order valence-corrected chi connectivity index (χ2v) is 12.1. The van der Waals surface area contributed by atoms with Crippen molar-refractivity contribution in [1.82, 2.24) is 0 Å². The predicted octanol–water partition coefficient (Wildman–Crippen LogP) is 8.43. The Morgan fingerprint density at radius 3 is 2.50 bits per heavy atom. The second kappa shape index (κ2) is 18.4. The molecule has 1 saturated carbocycles. The summed E-state index contributed by atoms with van der Waals surface area (Å²) >= 11 is 0. The van der Waals surface area contributed by atoms with Crippen LogP contribution >= 0.6 is 0 Å². The van der Waals surface area contributed by atoms with E-state index >= 15 is 0 Å². The lowest BCUT2D eigenvalue weighted by Crippen LogP contribution is -2.17. The summed E-state index contributed by atoms with van der Waals surface area (Å²) in [5, 5.41) is 19.2. The van der Waals surface area contributed by atoms with E-state index in [4.69, 9.17) is 4.99 Å². The molecule has 44 heavy (non-hydrogen) atoms. The molecule has 0 radical (unpaired) electrons. The van der Waals surface area contributed by atoms with Gasteiger partial charge in [-0.1, -0.05) is 81.2 Å². The third-order valence-electron chi connectivity index (χ3n) is 8.89. The Balaban J connectivity index is 2.39. The fraction of sp³-hybridized carbons (Fsp3) is 0.462. The first-order valence-electron chi connectivity index (χ1n) is 15.9. The molecule has 3 atom stereocenters. The molecule has 1 heterocycles. The number of aliphatic hydroxyl groups is 2. The molecule has 0 aromatic rings. The molecule has 5 heteroatoms. The molecule has 0 saturated heterocycles. The zero-order valence-electron chi connectivity index (χ0n) is 27.7. The molecule has 238 valence electrons. The zero-order chi connectivity index (χ0) is 32.8. The molecule has 0 amide bonds. The SMILES string of the molecule is C=C/C(C)=C\C(C)/C(=C\C(=N/C)C1=CC(=O)C(=C)CC(/C=C\C(=C/C)C2CCC(=C)C(CC(CO)CO)CC2)=N1)C(=C)CC. The average Bonchev–Trinajstić information content (AvgIpc) is 3.28. The quantitative estimate of drug-likeness (QED) is 0.0692. The number of aliphatic imine (C=N–C) groups is 2. The van der Waals surface area contributed by atoms with Gasteiger partial charge >= 0.3 is 0 Å². The summed E-state index contributed by atoms with van der Waals surface area (Å²) in [7, 11) is 1.72. The van der Waals surface area contributed by atoms with Crippen molar-refractivity contribution in [1.29, 1.82) is 0 Å². The van der Waals surface area contributed by atoms with Crippen molar-refractivity contribution >= 4 is 17.2 Å². The monoisotopic (exact) mass is 598 g/mol.